The summed E-state index contributed by atoms with van der Waals surface area (Å²) in [5.74, 6) is 0.998. The molecule has 0 bridgehead atoms. The van der Waals surface area contributed by atoms with Gasteiger partial charge < -0.3 is 9.88 Å². The van der Waals surface area contributed by atoms with Crippen LogP contribution in [0.2, 0.25) is 0 Å². The smallest absolute Gasteiger partial charge is 0.254 e. The summed E-state index contributed by atoms with van der Waals surface area (Å²) >= 11 is 0. The predicted octanol–water partition coefficient (Wildman–Crippen LogP) is 1.12. The van der Waals surface area contributed by atoms with Gasteiger partial charge in [-0.2, -0.15) is 0 Å². The van der Waals surface area contributed by atoms with Gasteiger partial charge in [0.15, 0.2) is 0 Å². The van der Waals surface area contributed by atoms with Crippen LogP contribution in [0, 0.1) is 6.92 Å². The SMILES string of the molecule is Cc1nc(C2CN(C)CCN2C)[nH]c(=O)c1C(C)C. The summed E-state index contributed by atoms with van der Waals surface area (Å²) in [6, 6.07) is 0.173. The Balaban J connectivity index is 2.38. The molecule has 0 amide bonds. The fourth-order valence-electron chi connectivity index (χ4n) is 2.76. The molecule has 1 fully saturated rings. The Kier molecular flexibility index (Phi) is 4.06. The van der Waals surface area contributed by atoms with Crippen molar-refractivity contribution in [3.63, 3.8) is 0 Å². The number of H-pyrrole nitrogens is 1. The lowest BCUT2D eigenvalue weighted by atomic mass is 10.0. The number of aryl methyl sites for hydroxylation is 1. The summed E-state index contributed by atoms with van der Waals surface area (Å²) in [5, 5.41) is 0. The van der Waals surface area contributed by atoms with E-state index in [2.05, 4.69) is 33.9 Å². The van der Waals surface area contributed by atoms with Gasteiger partial charge in [0, 0.05) is 30.9 Å². The lowest BCUT2D eigenvalue weighted by Gasteiger charge is -2.37. The first-order valence-corrected chi connectivity index (χ1v) is 6.89. The summed E-state index contributed by atoms with van der Waals surface area (Å²) < 4.78 is 0. The molecule has 2 rings (SSSR count). The number of piperazine rings is 1. The number of aromatic amines is 1. The molecule has 106 valence electrons. The van der Waals surface area contributed by atoms with Crippen LogP contribution in [0.1, 0.15) is 42.9 Å². The Morgan fingerprint density at radius 3 is 2.58 bits per heavy atom. The fraction of sp³-hybridized carbons (Fsp3) is 0.714. The van der Waals surface area contributed by atoms with Gasteiger partial charge in [0.25, 0.3) is 5.56 Å². The number of hydrogen-bond acceptors (Lipinski definition) is 4. The molecule has 19 heavy (non-hydrogen) atoms. The van der Waals surface area contributed by atoms with E-state index < -0.39 is 0 Å². The first kappa shape index (κ1) is 14.2. The molecule has 1 aliphatic heterocycles. The van der Waals surface area contributed by atoms with E-state index in [0.29, 0.717) is 0 Å². The molecule has 2 heterocycles. The number of nitrogens with zero attached hydrogens (tertiary/aromatic N) is 3. The molecule has 0 aromatic carbocycles. The maximum absolute atomic E-state index is 12.2. The van der Waals surface area contributed by atoms with E-state index in [1.54, 1.807) is 0 Å². The van der Waals surface area contributed by atoms with E-state index in [1.165, 1.54) is 0 Å². The van der Waals surface area contributed by atoms with Crippen LogP contribution in [0.15, 0.2) is 4.79 Å². The lowest BCUT2D eigenvalue weighted by molar-refractivity contribution is 0.109. The maximum atomic E-state index is 12.2. The summed E-state index contributed by atoms with van der Waals surface area (Å²) in [5.41, 5.74) is 1.67. The van der Waals surface area contributed by atoms with E-state index in [0.717, 1.165) is 36.7 Å². The lowest BCUT2D eigenvalue weighted by Crippen LogP contribution is -2.46. The number of rotatable bonds is 2. The second-order valence-electron chi connectivity index (χ2n) is 5.86. The summed E-state index contributed by atoms with van der Waals surface area (Å²) in [7, 11) is 4.19. The minimum Gasteiger partial charge on any atom is -0.309 e. The molecular weight excluding hydrogens is 240 g/mol. The zero-order valence-corrected chi connectivity index (χ0v) is 12.5. The van der Waals surface area contributed by atoms with Crippen molar-refractivity contribution >= 4 is 0 Å². The molecular formula is C14H24N4O. The van der Waals surface area contributed by atoms with Crippen LogP contribution in [0.25, 0.3) is 0 Å². The number of hydrogen-bond donors (Lipinski definition) is 1. The molecule has 1 aliphatic rings. The number of nitrogens with one attached hydrogen (secondary N) is 1. The summed E-state index contributed by atoms with van der Waals surface area (Å²) in [6.07, 6.45) is 0. The van der Waals surface area contributed by atoms with E-state index in [1.807, 2.05) is 20.8 Å². The molecule has 0 saturated carbocycles. The van der Waals surface area contributed by atoms with Gasteiger partial charge in [0.1, 0.15) is 5.82 Å². The highest BCUT2D eigenvalue weighted by Crippen LogP contribution is 2.21. The molecule has 1 saturated heterocycles. The Morgan fingerprint density at radius 1 is 1.32 bits per heavy atom. The van der Waals surface area contributed by atoms with Crippen LogP contribution in [-0.2, 0) is 0 Å². The molecule has 1 aromatic heterocycles. The van der Waals surface area contributed by atoms with Gasteiger partial charge in [-0.25, -0.2) is 4.98 Å². The second-order valence-corrected chi connectivity index (χ2v) is 5.86. The second kappa shape index (κ2) is 5.43. The van der Waals surface area contributed by atoms with Gasteiger partial charge >= 0.3 is 0 Å². The third kappa shape index (κ3) is 2.87. The van der Waals surface area contributed by atoms with Crippen molar-refractivity contribution in [1.82, 2.24) is 19.8 Å². The molecule has 1 atom stereocenters. The highest BCUT2D eigenvalue weighted by atomic mass is 16.1. The average molecular weight is 264 g/mol. The van der Waals surface area contributed by atoms with E-state index in [-0.39, 0.29) is 17.5 Å². The Hall–Kier alpha value is -1.20. The Bertz CT molecular complexity index is 509. The normalized spacial score (nSPS) is 22.1. The molecule has 0 aliphatic carbocycles. The third-order valence-electron chi connectivity index (χ3n) is 3.91. The third-order valence-corrected chi connectivity index (χ3v) is 3.91. The van der Waals surface area contributed by atoms with Gasteiger partial charge in [0.2, 0.25) is 0 Å². The fourth-order valence-corrected chi connectivity index (χ4v) is 2.76. The number of aromatic nitrogens is 2. The van der Waals surface area contributed by atoms with Crippen LogP contribution in [0.4, 0.5) is 0 Å². The molecule has 1 aromatic rings. The minimum absolute atomic E-state index is 0.0131. The van der Waals surface area contributed by atoms with Gasteiger partial charge in [-0.3, -0.25) is 9.69 Å². The van der Waals surface area contributed by atoms with Crippen LogP contribution < -0.4 is 5.56 Å². The van der Waals surface area contributed by atoms with Crippen molar-refractivity contribution < 1.29 is 0 Å². The quantitative estimate of drug-likeness (QED) is 0.869. The van der Waals surface area contributed by atoms with Crippen LogP contribution >= 0.6 is 0 Å². The van der Waals surface area contributed by atoms with Crippen LogP contribution in [0.3, 0.4) is 0 Å². The molecule has 1 unspecified atom stereocenters. The first-order chi connectivity index (χ1) is 8.90. The molecule has 5 nitrogen and oxygen atoms in total. The van der Waals surface area contributed by atoms with Crippen LogP contribution in [0.5, 0.6) is 0 Å². The highest BCUT2D eigenvalue weighted by molar-refractivity contribution is 5.21. The van der Waals surface area contributed by atoms with Crippen molar-refractivity contribution in [1.29, 1.82) is 0 Å². The van der Waals surface area contributed by atoms with Crippen molar-refractivity contribution in [2.45, 2.75) is 32.7 Å². The van der Waals surface area contributed by atoms with E-state index in [4.69, 9.17) is 0 Å². The predicted molar refractivity (Wildman–Crippen MR) is 76.6 cm³/mol. The minimum atomic E-state index is 0.0131. The van der Waals surface area contributed by atoms with Crippen molar-refractivity contribution in [3.05, 3.63) is 27.4 Å². The van der Waals surface area contributed by atoms with Gasteiger partial charge in [-0.1, -0.05) is 13.8 Å². The number of likely N-dealkylation sites (N-methyl/N-ethyl adjacent to an activating group) is 2. The van der Waals surface area contributed by atoms with E-state index >= 15 is 0 Å². The molecule has 0 spiro atoms. The maximum Gasteiger partial charge on any atom is 0.254 e. The zero-order chi connectivity index (χ0) is 14.2. The monoisotopic (exact) mass is 264 g/mol. The Morgan fingerprint density at radius 2 is 2.00 bits per heavy atom. The highest BCUT2D eigenvalue weighted by Gasteiger charge is 2.26. The molecule has 0 radical (unpaired) electrons. The van der Waals surface area contributed by atoms with Crippen molar-refractivity contribution in [3.8, 4) is 0 Å². The van der Waals surface area contributed by atoms with Crippen molar-refractivity contribution in [2.24, 2.45) is 0 Å². The first-order valence-electron chi connectivity index (χ1n) is 6.89. The van der Waals surface area contributed by atoms with Crippen LogP contribution in [-0.4, -0.2) is 53.5 Å². The Labute approximate surface area is 114 Å². The van der Waals surface area contributed by atoms with Crippen molar-refractivity contribution in [2.75, 3.05) is 33.7 Å². The van der Waals surface area contributed by atoms with Gasteiger partial charge in [-0.15, -0.1) is 0 Å². The van der Waals surface area contributed by atoms with Gasteiger partial charge in [-0.05, 0) is 26.9 Å². The van der Waals surface area contributed by atoms with Gasteiger partial charge in [0.05, 0.1) is 6.04 Å². The average Bonchev–Trinajstić information content (AvgIpc) is 2.30. The topological polar surface area (TPSA) is 52.2 Å². The molecule has 5 heteroatoms. The largest absolute Gasteiger partial charge is 0.309 e. The summed E-state index contributed by atoms with van der Waals surface area (Å²) in [4.78, 5) is 24.4. The zero-order valence-electron chi connectivity index (χ0n) is 12.5. The standard InChI is InChI=1S/C14H24N4O/c1-9(2)12-10(3)15-13(16-14(12)19)11-8-17(4)6-7-18(11)5/h9,11H,6-8H2,1-5H3,(H,15,16,19). The molecule has 1 N–H and O–H groups in total. The summed E-state index contributed by atoms with van der Waals surface area (Å²) in [6.45, 7) is 8.94. The van der Waals surface area contributed by atoms with E-state index in [9.17, 15) is 4.79 Å².